The van der Waals surface area contributed by atoms with Crippen LogP contribution < -0.4 is 5.32 Å². The number of nitrogens with zero attached hydrogens (tertiary/aromatic N) is 2. The fourth-order valence-electron chi connectivity index (χ4n) is 2.06. The standard InChI is InChI=1S/C14H21N3O4/c1-3-8-16(4-2)9-7-15-12-10-11(14(18)19)5-6-13(12)17(20)21/h5-6,10,15H,3-4,7-9H2,1-2H3,(H,18,19). The van der Waals surface area contributed by atoms with E-state index in [0.717, 1.165) is 26.1 Å². The molecule has 0 radical (unpaired) electrons. The third-order valence-electron chi connectivity index (χ3n) is 3.17. The number of nitro groups is 1. The van der Waals surface area contributed by atoms with Crippen LogP contribution in [0.2, 0.25) is 0 Å². The zero-order chi connectivity index (χ0) is 15.8. The highest BCUT2D eigenvalue weighted by Gasteiger charge is 2.16. The Bertz CT molecular complexity index is 505. The van der Waals surface area contributed by atoms with Crippen molar-refractivity contribution < 1.29 is 14.8 Å². The second kappa shape index (κ2) is 8.21. The monoisotopic (exact) mass is 295 g/mol. The molecule has 7 nitrogen and oxygen atoms in total. The summed E-state index contributed by atoms with van der Waals surface area (Å²) in [6.45, 7) is 7.30. The van der Waals surface area contributed by atoms with Gasteiger partial charge in [-0.1, -0.05) is 13.8 Å². The largest absolute Gasteiger partial charge is 0.478 e. The maximum absolute atomic E-state index is 11.0. The Morgan fingerprint density at radius 1 is 1.38 bits per heavy atom. The van der Waals surface area contributed by atoms with Crippen LogP contribution in [0, 0.1) is 10.1 Å². The highest BCUT2D eigenvalue weighted by molar-refractivity contribution is 5.90. The summed E-state index contributed by atoms with van der Waals surface area (Å²) in [5.41, 5.74) is 0.162. The number of benzene rings is 1. The van der Waals surface area contributed by atoms with Crippen LogP contribution in [0.4, 0.5) is 11.4 Å². The van der Waals surface area contributed by atoms with Gasteiger partial charge in [-0.15, -0.1) is 0 Å². The molecule has 1 aromatic carbocycles. The predicted octanol–water partition coefficient (Wildman–Crippen LogP) is 2.44. The lowest BCUT2D eigenvalue weighted by atomic mass is 10.1. The number of hydrogen-bond donors (Lipinski definition) is 2. The van der Waals surface area contributed by atoms with Gasteiger partial charge in [-0.25, -0.2) is 4.79 Å². The highest BCUT2D eigenvalue weighted by Crippen LogP contribution is 2.25. The number of likely N-dealkylation sites (N-methyl/N-ethyl adjacent to an activating group) is 1. The molecule has 1 aromatic rings. The molecular weight excluding hydrogens is 274 g/mol. The summed E-state index contributed by atoms with van der Waals surface area (Å²) in [5, 5.41) is 22.9. The first-order valence-corrected chi connectivity index (χ1v) is 6.97. The van der Waals surface area contributed by atoms with E-state index in [1.165, 1.54) is 18.2 Å². The van der Waals surface area contributed by atoms with Crippen LogP contribution in [0.25, 0.3) is 0 Å². The minimum Gasteiger partial charge on any atom is -0.478 e. The van der Waals surface area contributed by atoms with Crippen LogP contribution in [0.1, 0.15) is 30.6 Å². The molecule has 2 N–H and O–H groups in total. The van der Waals surface area contributed by atoms with Crippen LogP contribution >= 0.6 is 0 Å². The number of aromatic carboxylic acids is 1. The SMILES string of the molecule is CCCN(CC)CCNc1cc(C(=O)O)ccc1[N+](=O)[O-]. The number of anilines is 1. The average molecular weight is 295 g/mol. The lowest BCUT2D eigenvalue weighted by Crippen LogP contribution is -2.29. The van der Waals surface area contributed by atoms with Gasteiger partial charge in [-0.3, -0.25) is 10.1 Å². The van der Waals surface area contributed by atoms with Gasteiger partial charge in [-0.05, 0) is 31.6 Å². The van der Waals surface area contributed by atoms with E-state index in [9.17, 15) is 14.9 Å². The van der Waals surface area contributed by atoms with Crippen molar-refractivity contribution in [1.82, 2.24) is 4.90 Å². The van der Waals surface area contributed by atoms with Gasteiger partial charge in [0.05, 0.1) is 10.5 Å². The fourth-order valence-corrected chi connectivity index (χ4v) is 2.06. The van der Waals surface area contributed by atoms with Gasteiger partial charge in [0.1, 0.15) is 5.69 Å². The van der Waals surface area contributed by atoms with Crippen LogP contribution in [-0.2, 0) is 0 Å². The zero-order valence-electron chi connectivity index (χ0n) is 12.3. The zero-order valence-corrected chi connectivity index (χ0v) is 12.3. The van der Waals surface area contributed by atoms with Gasteiger partial charge >= 0.3 is 5.97 Å². The van der Waals surface area contributed by atoms with Gasteiger partial charge in [0.2, 0.25) is 0 Å². The molecule has 7 heteroatoms. The minimum atomic E-state index is -1.10. The molecule has 0 aromatic heterocycles. The molecule has 0 aliphatic carbocycles. The van der Waals surface area contributed by atoms with E-state index in [1.807, 2.05) is 0 Å². The van der Waals surface area contributed by atoms with Gasteiger partial charge in [0.15, 0.2) is 0 Å². The second-order valence-corrected chi connectivity index (χ2v) is 4.66. The summed E-state index contributed by atoms with van der Waals surface area (Å²) < 4.78 is 0. The Labute approximate surface area is 123 Å². The third-order valence-corrected chi connectivity index (χ3v) is 3.17. The van der Waals surface area contributed by atoms with Gasteiger partial charge < -0.3 is 15.3 Å². The Morgan fingerprint density at radius 3 is 2.62 bits per heavy atom. The molecule has 0 heterocycles. The third kappa shape index (κ3) is 5.03. The molecule has 0 unspecified atom stereocenters. The van der Waals surface area contributed by atoms with Gasteiger partial charge in [0.25, 0.3) is 5.69 Å². The van der Waals surface area contributed by atoms with Crippen molar-refractivity contribution in [2.75, 3.05) is 31.5 Å². The van der Waals surface area contributed by atoms with Crippen molar-refractivity contribution in [3.05, 3.63) is 33.9 Å². The van der Waals surface area contributed by atoms with Crippen molar-refractivity contribution in [3.8, 4) is 0 Å². The summed E-state index contributed by atoms with van der Waals surface area (Å²) in [5.74, 6) is -1.10. The first kappa shape index (κ1) is 16.9. The first-order valence-electron chi connectivity index (χ1n) is 6.97. The molecule has 0 aliphatic heterocycles. The maximum atomic E-state index is 11.0. The van der Waals surface area contributed by atoms with E-state index < -0.39 is 10.9 Å². The van der Waals surface area contributed by atoms with E-state index in [4.69, 9.17) is 5.11 Å². The lowest BCUT2D eigenvalue weighted by Gasteiger charge is -2.19. The van der Waals surface area contributed by atoms with Crippen molar-refractivity contribution in [2.24, 2.45) is 0 Å². The van der Waals surface area contributed by atoms with Crippen LogP contribution in [-0.4, -0.2) is 47.1 Å². The van der Waals surface area contributed by atoms with Gasteiger partial charge in [0, 0.05) is 19.2 Å². The topological polar surface area (TPSA) is 95.7 Å². The first-order chi connectivity index (χ1) is 9.99. The maximum Gasteiger partial charge on any atom is 0.335 e. The average Bonchev–Trinajstić information content (AvgIpc) is 2.45. The van der Waals surface area contributed by atoms with Crippen molar-refractivity contribution in [1.29, 1.82) is 0 Å². The van der Waals surface area contributed by atoms with Crippen LogP contribution in [0.3, 0.4) is 0 Å². The highest BCUT2D eigenvalue weighted by atomic mass is 16.6. The quantitative estimate of drug-likeness (QED) is 0.536. The summed E-state index contributed by atoms with van der Waals surface area (Å²) >= 11 is 0. The summed E-state index contributed by atoms with van der Waals surface area (Å²) in [6, 6.07) is 3.76. The number of carboxylic acids is 1. The second-order valence-electron chi connectivity index (χ2n) is 4.66. The van der Waals surface area contributed by atoms with E-state index in [-0.39, 0.29) is 16.9 Å². The molecule has 0 saturated heterocycles. The number of carbonyl (C=O) groups is 1. The van der Waals surface area contributed by atoms with Gasteiger partial charge in [-0.2, -0.15) is 0 Å². The van der Waals surface area contributed by atoms with E-state index in [1.54, 1.807) is 0 Å². The molecule has 0 bridgehead atoms. The molecule has 0 atom stereocenters. The Morgan fingerprint density at radius 2 is 2.10 bits per heavy atom. The molecule has 1 rings (SSSR count). The molecule has 0 fully saturated rings. The number of nitrogens with one attached hydrogen (secondary N) is 1. The smallest absolute Gasteiger partial charge is 0.335 e. The summed E-state index contributed by atoms with van der Waals surface area (Å²) in [4.78, 5) is 23.6. The number of rotatable bonds is 9. The van der Waals surface area contributed by atoms with E-state index >= 15 is 0 Å². The Balaban J connectivity index is 2.78. The Hall–Kier alpha value is -2.15. The van der Waals surface area contributed by atoms with Crippen molar-refractivity contribution in [3.63, 3.8) is 0 Å². The fraction of sp³-hybridized carbons (Fsp3) is 0.500. The number of carboxylic acid groups (broad SMARTS) is 1. The summed E-state index contributed by atoms with van der Waals surface area (Å²) in [7, 11) is 0. The van der Waals surface area contributed by atoms with Crippen LogP contribution in [0.15, 0.2) is 18.2 Å². The molecule has 0 saturated carbocycles. The van der Waals surface area contributed by atoms with Crippen LogP contribution in [0.5, 0.6) is 0 Å². The summed E-state index contributed by atoms with van der Waals surface area (Å²) in [6.07, 6.45) is 1.04. The molecule has 0 aliphatic rings. The predicted molar refractivity (Wildman–Crippen MR) is 81.0 cm³/mol. The van der Waals surface area contributed by atoms with E-state index in [2.05, 4.69) is 24.1 Å². The van der Waals surface area contributed by atoms with Crippen molar-refractivity contribution >= 4 is 17.3 Å². The molecule has 116 valence electrons. The van der Waals surface area contributed by atoms with Crippen molar-refractivity contribution in [2.45, 2.75) is 20.3 Å². The molecular formula is C14H21N3O4. The molecule has 0 spiro atoms. The number of hydrogen-bond acceptors (Lipinski definition) is 5. The number of nitro benzene ring substituents is 1. The Kier molecular flexibility index (Phi) is 6.61. The normalized spacial score (nSPS) is 10.6. The minimum absolute atomic E-state index is 0.0315. The lowest BCUT2D eigenvalue weighted by molar-refractivity contribution is -0.384. The van der Waals surface area contributed by atoms with E-state index in [0.29, 0.717) is 6.54 Å². The molecule has 0 amide bonds. The molecule has 21 heavy (non-hydrogen) atoms.